The molecule has 0 bridgehead atoms. The number of halogens is 1. The van der Waals surface area contributed by atoms with Gasteiger partial charge in [-0.3, -0.25) is 5.41 Å². The molecule has 1 aliphatic carbocycles. The molecule has 1 aromatic carbocycles. The molecule has 0 saturated carbocycles. The van der Waals surface area contributed by atoms with E-state index in [1.807, 2.05) is 12.2 Å². The Kier molecular flexibility index (Phi) is 3.92. The molecule has 2 rings (SSSR count). The van der Waals surface area contributed by atoms with E-state index < -0.39 is 0 Å². The largest absolute Gasteiger partial charge is 0.401 e. The number of hydrogen-bond donors (Lipinski definition) is 3. The van der Waals surface area contributed by atoms with E-state index in [2.05, 4.69) is 0 Å². The van der Waals surface area contributed by atoms with Crippen LogP contribution in [0.5, 0.6) is 0 Å². The van der Waals surface area contributed by atoms with Gasteiger partial charge in [0.05, 0.1) is 5.71 Å². The van der Waals surface area contributed by atoms with Crippen LogP contribution in [0.1, 0.15) is 12.0 Å². The summed E-state index contributed by atoms with van der Waals surface area (Å²) < 4.78 is 13.2. The minimum absolute atomic E-state index is 0.214. The highest BCUT2D eigenvalue weighted by Crippen LogP contribution is 2.19. The molecule has 0 aliphatic heterocycles. The average molecular weight is 257 g/mol. The maximum absolute atomic E-state index is 13.2. The second kappa shape index (κ2) is 5.63. The second-order valence-electron chi connectivity index (χ2n) is 4.35. The summed E-state index contributed by atoms with van der Waals surface area (Å²) in [4.78, 5) is 0. The van der Waals surface area contributed by atoms with Crippen LogP contribution >= 0.6 is 0 Å². The number of benzene rings is 1. The lowest BCUT2D eigenvalue weighted by molar-refractivity contribution is 0.627. The molecule has 5 N–H and O–H groups in total. The van der Waals surface area contributed by atoms with Gasteiger partial charge in [0, 0.05) is 29.8 Å². The first kappa shape index (κ1) is 13.2. The summed E-state index contributed by atoms with van der Waals surface area (Å²) in [6, 6.07) is 5.96. The predicted octanol–water partition coefficient (Wildman–Crippen LogP) is 2.25. The van der Waals surface area contributed by atoms with Crippen molar-refractivity contribution in [2.75, 3.05) is 6.54 Å². The van der Waals surface area contributed by atoms with Crippen LogP contribution in [-0.4, -0.2) is 12.3 Å². The van der Waals surface area contributed by atoms with E-state index >= 15 is 0 Å². The summed E-state index contributed by atoms with van der Waals surface area (Å²) in [7, 11) is 0. The highest BCUT2D eigenvalue weighted by molar-refractivity contribution is 6.13. The van der Waals surface area contributed by atoms with Gasteiger partial charge >= 0.3 is 0 Å². The van der Waals surface area contributed by atoms with Gasteiger partial charge in [-0.15, -0.1) is 0 Å². The van der Waals surface area contributed by atoms with Crippen molar-refractivity contribution in [3.05, 3.63) is 70.7 Å². The smallest absolute Gasteiger partial charge is 0.123 e. The highest BCUT2D eigenvalue weighted by Gasteiger charge is 2.12. The van der Waals surface area contributed by atoms with E-state index in [1.54, 1.807) is 18.2 Å². The van der Waals surface area contributed by atoms with Crippen LogP contribution in [0, 0.1) is 11.2 Å². The summed E-state index contributed by atoms with van der Waals surface area (Å²) in [5.74, 6) is -0.365. The summed E-state index contributed by atoms with van der Waals surface area (Å²) in [6.07, 6.45) is 6.18. The van der Waals surface area contributed by atoms with Gasteiger partial charge < -0.3 is 11.5 Å². The van der Waals surface area contributed by atoms with E-state index in [9.17, 15) is 4.39 Å². The molecule has 0 fully saturated rings. The van der Waals surface area contributed by atoms with Gasteiger partial charge in [0.25, 0.3) is 0 Å². The molecule has 0 amide bonds. The quantitative estimate of drug-likeness (QED) is 0.726. The maximum Gasteiger partial charge on any atom is 0.123 e. The van der Waals surface area contributed by atoms with E-state index in [1.165, 1.54) is 12.1 Å². The van der Waals surface area contributed by atoms with Crippen molar-refractivity contribution in [2.45, 2.75) is 6.42 Å². The van der Waals surface area contributed by atoms with Crippen molar-refractivity contribution in [2.24, 2.45) is 11.5 Å². The lowest BCUT2D eigenvalue weighted by Gasteiger charge is -2.09. The van der Waals surface area contributed by atoms with Crippen LogP contribution in [0.25, 0.3) is 0 Å². The monoisotopic (exact) mass is 257 g/mol. The Bertz CT molecular complexity index is 597. The van der Waals surface area contributed by atoms with Crippen molar-refractivity contribution in [1.82, 2.24) is 0 Å². The molecule has 0 spiro atoms. The molecule has 1 aromatic rings. The van der Waals surface area contributed by atoms with Gasteiger partial charge in [0.2, 0.25) is 0 Å². The lowest BCUT2D eigenvalue weighted by Crippen LogP contribution is -2.11. The summed E-state index contributed by atoms with van der Waals surface area (Å²) in [5, 5.41) is 8.20. The Morgan fingerprint density at radius 3 is 2.84 bits per heavy atom. The summed E-state index contributed by atoms with van der Waals surface area (Å²) in [5.41, 5.74) is 14.4. The zero-order valence-electron chi connectivity index (χ0n) is 10.5. The van der Waals surface area contributed by atoms with E-state index in [0.29, 0.717) is 29.8 Å². The van der Waals surface area contributed by atoms with Crippen LogP contribution in [-0.2, 0) is 0 Å². The molecule has 0 heterocycles. The third-order valence-corrected chi connectivity index (χ3v) is 2.96. The topological polar surface area (TPSA) is 75.9 Å². The van der Waals surface area contributed by atoms with Crippen LogP contribution in [0.2, 0.25) is 0 Å². The zero-order valence-corrected chi connectivity index (χ0v) is 10.5. The number of allylic oxidation sites excluding steroid dienone is 3. The van der Waals surface area contributed by atoms with E-state index in [4.69, 9.17) is 16.9 Å². The molecular formula is C15H16FN3. The van der Waals surface area contributed by atoms with Gasteiger partial charge in [-0.2, -0.15) is 0 Å². The summed E-state index contributed by atoms with van der Waals surface area (Å²) in [6.45, 7) is 0.379. The van der Waals surface area contributed by atoms with Gasteiger partial charge in [0.1, 0.15) is 5.82 Å². The standard InChI is InChI=1S/C15H16FN3/c16-12-5-2-4-11(8-12)15(19)13-7-10(9-17)3-1-6-14(13)18/h1-5,7-8,19H,6,9,17-18H2. The molecule has 19 heavy (non-hydrogen) atoms. The molecule has 0 radical (unpaired) electrons. The van der Waals surface area contributed by atoms with Crippen molar-refractivity contribution >= 4 is 5.71 Å². The van der Waals surface area contributed by atoms with Crippen LogP contribution in [0.15, 0.2) is 59.3 Å². The third kappa shape index (κ3) is 2.98. The van der Waals surface area contributed by atoms with Gasteiger partial charge in [-0.1, -0.05) is 24.3 Å². The SMILES string of the molecule is N=C(C1=C(N)CC=CC(CN)=C1)c1cccc(F)c1. The fourth-order valence-electron chi connectivity index (χ4n) is 1.93. The third-order valence-electron chi connectivity index (χ3n) is 2.96. The van der Waals surface area contributed by atoms with E-state index in [-0.39, 0.29) is 11.5 Å². The molecule has 0 atom stereocenters. The Morgan fingerprint density at radius 2 is 2.16 bits per heavy atom. The fourth-order valence-corrected chi connectivity index (χ4v) is 1.93. The predicted molar refractivity (Wildman–Crippen MR) is 75.3 cm³/mol. The summed E-state index contributed by atoms with van der Waals surface area (Å²) >= 11 is 0. The molecule has 4 heteroatoms. The molecule has 0 aromatic heterocycles. The first-order chi connectivity index (χ1) is 9.11. The molecule has 0 unspecified atom stereocenters. The van der Waals surface area contributed by atoms with Crippen LogP contribution in [0.4, 0.5) is 4.39 Å². The molecule has 0 saturated heterocycles. The first-order valence-corrected chi connectivity index (χ1v) is 6.02. The van der Waals surface area contributed by atoms with Gasteiger partial charge in [-0.05, 0) is 23.8 Å². The minimum atomic E-state index is -0.365. The van der Waals surface area contributed by atoms with Crippen molar-refractivity contribution in [1.29, 1.82) is 5.41 Å². The lowest BCUT2D eigenvalue weighted by atomic mass is 9.98. The zero-order chi connectivity index (χ0) is 13.8. The number of nitrogens with two attached hydrogens (primary N) is 2. The fraction of sp³-hybridized carbons (Fsp3) is 0.133. The second-order valence-corrected chi connectivity index (χ2v) is 4.35. The number of rotatable bonds is 3. The van der Waals surface area contributed by atoms with Crippen molar-refractivity contribution < 1.29 is 4.39 Å². The van der Waals surface area contributed by atoms with Gasteiger partial charge in [-0.25, -0.2) is 4.39 Å². The minimum Gasteiger partial charge on any atom is -0.401 e. The Balaban J connectivity index is 2.42. The molecule has 1 aliphatic rings. The highest BCUT2D eigenvalue weighted by atomic mass is 19.1. The van der Waals surface area contributed by atoms with Crippen molar-refractivity contribution in [3.63, 3.8) is 0 Å². The maximum atomic E-state index is 13.2. The average Bonchev–Trinajstić information content (AvgIpc) is 2.59. The molecule has 98 valence electrons. The Morgan fingerprint density at radius 1 is 1.37 bits per heavy atom. The van der Waals surface area contributed by atoms with Crippen LogP contribution < -0.4 is 11.5 Å². The molecule has 3 nitrogen and oxygen atoms in total. The number of nitrogens with one attached hydrogen (secondary N) is 1. The van der Waals surface area contributed by atoms with Crippen LogP contribution in [0.3, 0.4) is 0 Å². The molecular weight excluding hydrogens is 241 g/mol. The Hall–Kier alpha value is -2.20. The Labute approximate surface area is 111 Å². The van der Waals surface area contributed by atoms with Crippen molar-refractivity contribution in [3.8, 4) is 0 Å². The van der Waals surface area contributed by atoms with E-state index in [0.717, 1.165) is 5.57 Å². The van der Waals surface area contributed by atoms with Gasteiger partial charge in [0.15, 0.2) is 0 Å². The number of hydrogen-bond acceptors (Lipinski definition) is 3. The first-order valence-electron chi connectivity index (χ1n) is 6.02. The normalized spacial score (nSPS) is 15.2.